The van der Waals surface area contributed by atoms with Crippen molar-refractivity contribution in [2.24, 2.45) is 0 Å². The van der Waals surface area contributed by atoms with Crippen molar-refractivity contribution in [2.75, 3.05) is 6.54 Å². The van der Waals surface area contributed by atoms with E-state index in [0.29, 0.717) is 6.04 Å². The van der Waals surface area contributed by atoms with Gasteiger partial charge in [-0.15, -0.1) is 0 Å². The van der Waals surface area contributed by atoms with Crippen molar-refractivity contribution >= 4 is 5.97 Å². The van der Waals surface area contributed by atoms with Crippen LogP contribution in [0.25, 0.3) is 0 Å². The third-order valence-corrected chi connectivity index (χ3v) is 3.90. The summed E-state index contributed by atoms with van der Waals surface area (Å²) in [5, 5.41) is 3.52. The molecule has 2 atom stereocenters. The fourth-order valence-electron chi connectivity index (χ4n) is 3.11. The molecule has 1 aliphatic carbocycles. The van der Waals surface area contributed by atoms with Crippen molar-refractivity contribution in [1.29, 1.82) is 0 Å². The summed E-state index contributed by atoms with van der Waals surface area (Å²) in [5.41, 5.74) is 0.717. The summed E-state index contributed by atoms with van der Waals surface area (Å²) in [6.45, 7) is 1.04. The molecule has 0 spiro atoms. The number of carbonyl (C=O) groups is 1. The van der Waals surface area contributed by atoms with Gasteiger partial charge < -0.3 is 10.1 Å². The normalized spacial score (nSPS) is 37.9. The smallest absolute Gasteiger partial charge is 0.332 e. The molecule has 3 heteroatoms. The maximum Gasteiger partial charge on any atom is 0.332 e. The van der Waals surface area contributed by atoms with Gasteiger partial charge in [-0.1, -0.05) is 18.6 Å². The molecule has 1 fully saturated rings. The number of fused-ring (bicyclic) bond motifs is 1. The lowest BCUT2D eigenvalue weighted by molar-refractivity contribution is -0.149. The molecule has 0 saturated carbocycles. The second-order valence-corrected chi connectivity index (χ2v) is 4.85. The lowest BCUT2D eigenvalue weighted by Gasteiger charge is -2.41. The van der Waals surface area contributed by atoms with E-state index in [1.807, 2.05) is 0 Å². The zero-order valence-electron chi connectivity index (χ0n) is 9.37. The van der Waals surface area contributed by atoms with Crippen LogP contribution in [0.4, 0.5) is 0 Å². The number of hydrogen-bond acceptors (Lipinski definition) is 3. The van der Waals surface area contributed by atoms with Crippen molar-refractivity contribution in [3.8, 4) is 0 Å². The molecule has 16 heavy (non-hydrogen) atoms. The first-order valence-electron chi connectivity index (χ1n) is 6.16. The van der Waals surface area contributed by atoms with Crippen LogP contribution in [0.1, 0.15) is 32.1 Å². The third-order valence-electron chi connectivity index (χ3n) is 3.90. The van der Waals surface area contributed by atoms with E-state index in [-0.39, 0.29) is 11.6 Å². The lowest BCUT2D eigenvalue weighted by atomic mass is 9.76. The molecule has 0 aromatic rings. The number of carbonyl (C=O) groups excluding carboxylic acids is 1. The molecule has 3 aliphatic rings. The summed E-state index contributed by atoms with van der Waals surface area (Å²) in [6, 6.07) is 0.309. The summed E-state index contributed by atoms with van der Waals surface area (Å²) in [4.78, 5) is 11.5. The van der Waals surface area contributed by atoms with Crippen LogP contribution in [0.15, 0.2) is 23.8 Å². The van der Waals surface area contributed by atoms with E-state index in [1.54, 1.807) is 6.08 Å². The van der Waals surface area contributed by atoms with Gasteiger partial charge in [0.1, 0.15) is 0 Å². The van der Waals surface area contributed by atoms with Crippen molar-refractivity contribution in [3.63, 3.8) is 0 Å². The Kier molecular flexibility index (Phi) is 2.36. The third kappa shape index (κ3) is 1.42. The first-order chi connectivity index (χ1) is 7.81. The molecule has 0 radical (unpaired) electrons. The minimum absolute atomic E-state index is 0.172. The molecule has 0 amide bonds. The van der Waals surface area contributed by atoms with Crippen LogP contribution in [0, 0.1) is 0 Å². The summed E-state index contributed by atoms with van der Waals surface area (Å²) in [6.07, 6.45) is 11.4. The number of nitrogens with one attached hydrogen (secondary N) is 1. The van der Waals surface area contributed by atoms with Gasteiger partial charge in [-0.3, -0.25) is 0 Å². The zero-order valence-corrected chi connectivity index (χ0v) is 9.37. The van der Waals surface area contributed by atoms with E-state index in [0.717, 1.165) is 31.4 Å². The van der Waals surface area contributed by atoms with Crippen molar-refractivity contribution < 1.29 is 9.53 Å². The van der Waals surface area contributed by atoms with Crippen LogP contribution in [-0.2, 0) is 9.53 Å². The molecular weight excluding hydrogens is 202 g/mol. The summed E-state index contributed by atoms with van der Waals surface area (Å²) < 4.78 is 5.65. The average molecular weight is 219 g/mol. The van der Waals surface area contributed by atoms with E-state index < -0.39 is 0 Å². The molecule has 1 saturated heterocycles. The number of hydrogen-bond donors (Lipinski definition) is 1. The van der Waals surface area contributed by atoms with Gasteiger partial charge in [0.2, 0.25) is 0 Å². The van der Waals surface area contributed by atoms with Crippen molar-refractivity contribution in [1.82, 2.24) is 5.32 Å². The van der Waals surface area contributed by atoms with Crippen LogP contribution < -0.4 is 5.32 Å². The lowest BCUT2D eigenvalue weighted by Crippen LogP contribution is -2.54. The monoisotopic (exact) mass is 219 g/mol. The second kappa shape index (κ2) is 3.74. The quantitative estimate of drug-likeness (QED) is 0.682. The zero-order chi connectivity index (χ0) is 11.0. The van der Waals surface area contributed by atoms with E-state index in [9.17, 15) is 4.79 Å². The topological polar surface area (TPSA) is 38.3 Å². The van der Waals surface area contributed by atoms with Crippen LogP contribution in [0.3, 0.4) is 0 Å². The molecule has 0 unspecified atom stereocenters. The molecule has 0 aromatic heterocycles. The molecule has 3 nitrogen and oxygen atoms in total. The summed E-state index contributed by atoms with van der Waals surface area (Å²) in [7, 11) is 0. The van der Waals surface area contributed by atoms with Crippen LogP contribution in [-0.4, -0.2) is 24.2 Å². The van der Waals surface area contributed by atoms with Crippen LogP contribution in [0.2, 0.25) is 0 Å². The Morgan fingerprint density at radius 1 is 1.44 bits per heavy atom. The molecule has 1 N–H and O–H groups in total. The highest BCUT2D eigenvalue weighted by molar-refractivity contribution is 5.88. The standard InChI is InChI=1S/C13H17NO2/c15-12-9-10-5-1-3-7-13(10,16-12)11-6-2-4-8-14-11/h1,5,9,11,14H,2-4,6-8H2/t11-,13+/m1/s1. The van der Waals surface area contributed by atoms with E-state index in [1.165, 1.54) is 12.8 Å². The Hall–Kier alpha value is -1.09. The highest BCUT2D eigenvalue weighted by atomic mass is 16.6. The molecule has 2 heterocycles. The summed E-state index contributed by atoms with van der Waals surface area (Å²) >= 11 is 0. The van der Waals surface area contributed by atoms with Crippen LogP contribution in [0.5, 0.6) is 0 Å². The number of piperidine rings is 1. The second-order valence-electron chi connectivity index (χ2n) is 4.85. The fraction of sp³-hybridized carbons (Fsp3) is 0.615. The van der Waals surface area contributed by atoms with Crippen molar-refractivity contribution in [3.05, 3.63) is 23.8 Å². The summed E-state index contributed by atoms with van der Waals surface area (Å²) in [5.74, 6) is -0.172. The predicted octanol–water partition coefficient (Wildman–Crippen LogP) is 1.70. The van der Waals surface area contributed by atoms with Crippen LogP contribution >= 0.6 is 0 Å². The van der Waals surface area contributed by atoms with Gasteiger partial charge in [-0.05, 0) is 32.2 Å². The van der Waals surface area contributed by atoms with E-state index in [2.05, 4.69) is 17.5 Å². The predicted molar refractivity (Wildman–Crippen MR) is 60.9 cm³/mol. The maximum absolute atomic E-state index is 11.5. The first-order valence-corrected chi connectivity index (χ1v) is 6.16. The Labute approximate surface area is 95.5 Å². The van der Waals surface area contributed by atoms with Gasteiger partial charge in [0.05, 0.1) is 6.04 Å². The van der Waals surface area contributed by atoms with Crippen molar-refractivity contribution in [2.45, 2.75) is 43.7 Å². The average Bonchev–Trinajstić information content (AvgIpc) is 2.67. The molecule has 2 aliphatic heterocycles. The Morgan fingerprint density at radius 2 is 2.38 bits per heavy atom. The largest absolute Gasteiger partial charge is 0.449 e. The number of rotatable bonds is 1. The van der Waals surface area contributed by atoms with Gasteiger partial charge in [0, 0.05) is 11.6 Å². The molecule has 86 valence electrons. The van der Waals surface area contributed by atoms with E-state index in [4.69, 9.17) is 4.74 Å². The van der Waals surface area contributed by atoms with Gasteiger partial charge in [-0.2, -0.15) is 0 Å². The number of allylic oxidation sites excluding steroid dienone is 1. The molecule has 0 bridgehead atoms. The fourth-order valence-corrected chi connectivity index (χ4v) is 3.11. The first kappa shape index (κ1) is 10.1. The minimum Gasteiger partial charge on any atom is -0.449 e. The van der Waals surface area contributed by atoms with E-state index >= 15 is 0 Å². The Bertz CT molecular complexity index is 366. The van der Waals surface area contributed by atoms with Gasteiger partial charge in [0.15, 0.2) is 5.60 Å². The van der Waals surface area contributed by atoms with Gasteiger partial charge in [0.25, 0.3) is 0 Å². The molecule has 3 rings (SSSR count). The minimum atomic E-state index is -0.355. The number of esters is 1. The van der Waals surface area contributed by atoms with Gasteiger partial charge in [-0.25, -0.2) is 4.79 Å². The molecule has 0 aromatic carbocycles. The SMILES string of the molecule is O=C1C=C2C=CCC[C@]2([C@H]2CCCCN2)O1. The Morgan fingerprint density at radius 3 is 3.19 bits per heavy atom. The highest BCUT2D eigenvalue weighted by Crippen LogP contribution is 2.41. The highest BCUT2D eigenvalue weighted by Gasteiger charge is 2.49. The Balaban J connectivity index is 1.92. The molecular formula is C13H17NO2. The maximum atomic E-state index is 11.5. The van der Waals surface area contributed by atoms with Gasteiger partial charge >= 0.3 is 5.97 Å². The number of ether oxygens (including phenoxy) is 1.